The molecule has 1 aliphatic heterocycles. The van der Waals surface area contributed by atoms with Crippen LogP contribution in [0.15, 0.2) is 18.2 Å². The van der Waals surface area contributed by atoms with E-state index in [1.807, 2.05) is 0 Å². The van der Waals surface area contributed by atoms with Gasteiger partial charge in [0.1, 0.15) is 0 Å². The van der Waals surface area contributed by atoms with Gasteiger partial charge in [0.25, 0.3) is 0 Å². The van der Waals surface area contributed by atoms with Crippen LogP contribution < -0.4 is 5.32 Å². The van der Waals surface area contributed by atoms with Crippen molar-refractivity contribution in [2.24, 2.45) is 5.92 Å². The Morgan fingerprint density at radius 3 is 2.55 bits per heavy atom. The lowest BCUT2D eigenvalue weighted by Gasteiger charge is -2.30. The maximum atomic E-state index is 12.2. The molecule has 0 saturated carbocycles. The lowest BCUT2D eigenvalue weighted by Crippen LogP contribution is -2.41. The molecule has 0 spiro atoms. The van der Waals surface area contributed by atoms with Crippen molar-refractivity contribution in [3.05, 3.63) is 28.2 Å². The summed E-state index contributed by atoms with van der Waals surface area (Å²) >= 11 is 11.8. The fourth-order valence-corrected chi connectivity index (χ4v) is 2.66. The Morgan fingerprint density at radius 2 is 1.95 bits per heavy atom. The van der Waals surface area contributed by atoms with Crippen LogP contribution in [0.2, 0.25) is 10.0 Å². The first-order chi connectivity index (χ1) is 10.5. The summed E-state index contributed by atoms with van der Waals surface area (Å²) in [5.74, 6) is -0.193. The molecule has 0 aromatic heterocycles. The van der Waals surface area contributed by atoms with Crippen molar-refractivity contribution in [1.82, 2.24) is 4.90 Å². The Morgan fingerprint density at radius 1 is 1.27 bits per heavy atom. The second-order valence-corrected chi connectivity index (χ2v) is 5.89. The highest BCUT2D eigenvalue weighted by Gasteiger charge is 2.27. The summed E-state index contributed by atoms with van der Waals surface area (Å²) < 4.78 is 4.96. The summed E-state index contributed by atoms with van der Waals surface area (Å²) in [7, 11) is 0. The van der Waals surface area contributed by atoms with E-state index in [1.54, 1.807) is 30.0 Å². The number of carbonyl (C=O) groups is 2. The molecule has 0 aliphatic carbocycles. The smallest absolute Gasteiger partial charge is 0.409 e. The average molecular weight is 345 g/mol. The first-order valence-corrected chi connectivity index (χ1v) is 7.94. The van der Waals surface area contributed by atoms with Gasteiger partial charge in [-0.2, -0.15) is 0 Å². The van der Waals surface area contributed by atoms with Crippen molar-refractivity contribution in [2.45, 2.75) is 19.8 Å². The summed E-state index contributed by atoms with van der Waals surface area (Å²) in [6, 6.07) is 4.97. The average Bonchev–Trinajstić information content (AvgIpc) is 2.51. The topological polar surface area (TPSA) is 58.6 Å². The third-order valence-corrected chi connectivity index (χ3v) is 4.32. The van der Waals surface area contributed by atoms with Crippen LogP contribution in [-0.2, 0) is 9.53 Å². The molecule has 1 aliphatic rings. The number of benzene rings is 1. The first-order valence-electron chi connectivity index (χ1n) is 7.19. The number of amides is 2. The molecule has 120 valence electrons. The van der Waals surface area contributed by atoms with Crippen molar-refractivity contribution >= 4 is 40.9 Å². The standard InChI is InChI=1S/C15H18Cl2N2O3/c1-2-22-15(21)19-7-5-10(6-8-19)14(20)18-11-3-4-12(16)13(17)9-11/h3-4,9-10H,2,5-8H2,1H3,(H,18,20). The predicted octanol–water partition coefficient (Wildman–Crippen LogP) is 3.80. The van der Waals surface area contributed by atoms with Gasteiger partial charge in [-0.05, 0) is 38.0 Å². The Bertz CT molecular complexity index is 558. The van der Waals surface area contributed by atoms with Gasteiger partial charge in [0, 0.05) is 24.7 Å². The third kappa shape index (κ3) is 4.27. The summed E-state index contributed by atoms with van der Waals surface area (Å²) in [5.41, 5.74) is 0.618. The van der Waals surface area contributed by atoms with Crippen molar-refractivity contribution in [1.29, 1.82) is 0 Å². The quantitative estimate of drug-likeness (QED) is 0.907. The number of hydrogen-bond donors (Lipinski definition) is 1. The Labute approximate surface area is 139 Å². The molecule has 1 fully saturated rings. The van der Waals surface area contributed by atoms with Gasteiger partial charge in [-0.25, -0.2) is 4.79 Å². The number of rotatable bonds is 3. The molecule has 1 heterocycles. The Hall–Kier alpha value is -1.46. The molecule has 0 atom stereocenters. The number of ether oxygens (including phenoxy) is 1. The molecule has 7 heteroatoms. The highest BCUT2D eigenvalue weighted by atomic mass is 35.5. The third-order valence-electron chi connectivity index (χ3n) is 3.58. The van der Waals surface area contributed by atoms with Crippen LogP contribution in [0.4, 0.5) is 10.5 Å². The van der Waals surface area contributed by atoms with Crippen LogP contribution in [0.1, 0.15) is 19.8 Å². The SMILES string of the molecule is CCOC(=O)N1CCC(C(=O)Nc2ccc(Cl)c(Cl)c2)CC1. The van der Waals surface area contributed by atoms with Crippen LogP contribution in [0.3, 0.4) is 0 Å². The van der Waals surface area contributed by atoms with Crippen molar-refractivity contribution in [3.8, 4) is 0 Å². The maximum absolute atomic E-state index is 12.2. The van der Waals surface area contributed by atoms with E-state index in [1.165, 1.54) is 0 Å². The molecule has 1 N–H and O–H groups in total. The number of nitrogens with zero attached hydrogens (tertiary/aromatic N) is 1. The van der Waals surface area contributed by atoms with Gasteiger partial charge < -0.3 is 15.0 Å². The number of halogens is 2. The van der Waals surface area contributed by atoms with Gasteiger partial charge >= 0.3 is 6.09 Å². The fourth-order valence-electron chi connectivity index (χ4n) is 2.36. The molecule has 2 amide bonds. The zero-order valence-corrected chi connectivity index (χ0v) is 13.8. The minimum Gasteiger partial charge on any atom is -0.450 e. The second kappa shape index (κ2) is 7.70. The molecule has 1 saturated heterocycles. The van der Waals surface area contributed by atoms with E-state index < -0.39 is 0 Å². The van der Waals surface area contributed by atoms with E-state index in [0.717, 1.165) is 0 Å². The van der Waals surface area contributed by atoms with Crippen LogP contribution >= 0.6 is 23.2 Å². The lowest BCUT2D eigenvalue weighted by atomic mass is 9.96. The van der Waals surface area contributed by atoms with Gasteiger partial charge in [0.05, 0.1) is 16.7 Å². The van der Waals surface area contributed by atoms with Crippen LogP contribution in [-0.4, -0.2) is 36.6 Å². The maximum Gasteiger partial charge on any atom is 0.409 e. The van der Waals surface area contributed by atoms with E-state index in [4.69, 9.17) is 27.9 Å². The van der Waals surface area contributed by atoms with E-state index in [0.29, 0.717) is 48.3 Å². The summed E-state index contributed by atoms with van der Waals surface area (Å²) in [6.45, 7) is 3.18. The monoisotopic (exact) mass is 344 g/mol. The Balaban J connectivity index is 1.87. The number of hydrogen-bond acceptors (Lipinski definition) is 3. The van der Waals surface area contributed by atoms with Crippen molar-refractivity contribution < 1.29 is 14.3 Å². The molecule has 0 unspecified atom stereocenters. The molecule has 5 nitrogen and oxygen atoms in total. The first kappa shape index (κ1) is 16.9. The van der Waals surface area contributed by atoms with Gasteiger partial charge in [0.2, 0.25) is 5.91 Å². The van der Waals surface area contributed by atoms with E-state index >= 15 is 0 Å². The van der Waals surface area contributed by atoms with Crippen LogP contribution in [0.25, 0.3) is 0 Å². The minimum atomic E-state index is -0.314. The summed E-state index contributed by atoms with van der Waals surface area (Å²) in [6.07, 6.45) is 0.920. The van der Waals surface area contributed by atoms with E-state index in [9.17, 15) is 9.59 Å². The zero-order valence-electron chi connectivity index (χ0n) is 12.3. The van der Waals surface area contributed by atoms with Crippen molar-refractivity contribution in [3.63, 3.8) is 0 Å². The fraction of sp³-hybridized carbons (Fsp3) is 0.467. The largest absolute Gasteiger partial charge is 0.450 e. The summed E-state index contributed by atoms with van der Waals surface area (Å²) in [4.78, 5) is 25.5. The molecule has 2 rings (SSSR count). The highest BCUT2D eigenvalue weighted by Crippen LogP contribution is 2.26. The number of piperidine rings is 1. The minimum absolute atomic E-state index is 0.0677. The lowest BCUT2D eigenvalue weighted by molar-refractivity contribution is -0.121. The van der Waals surface area contributed by atoms with E-state index in [-0.39, 0.29) is 17.9 Å². The number of carbonyl (C=O) groups excluding carboxylic acids is 2. The molecular weight excluding hydrogens is 327 g/mol. The van der Waals surface area contributed by atoms with Crippen LogP contribution in [0, 0.1) is 5.92 Å². The Kier molecular flexibility index (Phi) is 5.91. The zero-order chi connectivity index (χ0) is 16.1. The molecular formula is C15H18Cl2N2O3. The summed E-state index contributed by atoms with van der Waals surface area (Å²) in [5, 5.41) is 3.68. The van der Waals surface area contributed by atoms with Crippen LogP contribution in [0.5, 0.6) is 0 Å². The van der Waals surface area contributed by atoms with Gasteiger partial charge in [-0.1, -0.05) is 23.2 Å². The number of anilines is 1. The molecule has 0 radical (unpaired) electrons. The van der Waals surface area contributed by atoms with Gasteiger partial charge in [0.15, 0.2) is 0 Å². The second-order valence-electron chi connectivity index (χ2n) is 5.08. The molecule has 1 aromatic carbocycles. The highest BCUT2D eigenvalue weighted by molar-refractivity contribution is 6.42. The number of nitrogens with one attached hydrogen (secondary N) is 1. The van der Waals surface area contributed by atoms with Gasteiger partial charge in [-0.3, -0.25) is 4.79 Å². The molecule has 0 bridgehead atoms. The van der Waals surface area contributed by atoms with Gasteiger partial charge in [-0.15, -0.1) is 0 Å². The molecule has 1 aromatic rings. The normalized spacial score (nSPS) is 15.5. The van der Waals surface area contributed by atoms with Crippen molar-refractivity contribution in [2.75, 3.05) is 25.0 Å². The number of likely N-dealkylation sites (tertiary alicyclic amines) is 1. The predicted molar refractivity (Wildman–Crippen MR) is 86.4 cm³/mol. The van der Waals surface area contributed by atoms with E-state index in [2.05, 4.69) is 5.32 Å². The molecule has 22 heavy (non-hydrogen) atoms.